The molecular formula is C18H19N3O2. The lowest BCUT2D eigenvalue weighted by Crippen LogP contribution is -2.37. The van der Waals surface area contributed by atoms with Gasteiger partial charge in [0.15, 0.2) is 0 Å². The van der Waals surface area contributed by atoms with E-state index in [9.17, 15) is 9.59 Å². The molecule has 0 aromatic heterocycles. The molecule has 0 saturated carbocycles. The standard InChI is InChI=1S/C18H19N3O2/c1-13-3-7-15(8-4-13)11-19-17(22)18(23)21-20-12-16-9-5-14(2)6-10-16/h3-10,12H,11H2,1-2H3,(H,19,22)(H,21,23). The highest BCUT2D eigenvalue weighted by molar-refractivity contribution is 6.35. The Morgan fingerprint density at radius 3 is 2.09 bits per heavy atom. The smallest absolute Gasteiger partial charge is 0.329 e. The molecule has 5 nitrogen and oxygen atoms in total. The van der Waals surface area contributed by atoms with Crippen LogP contribution in [0.4, 0.5) is 0 Å². The summed E-state index contributed by atoms with van der Waals surface area (Å²) >= 11 is 0. The van der Waals surface area contributed by atoms with Gasteiger partial charge < -0.3 is 5.32 Å². The Hall–Kier alpha value is -2.95. The molecule has 0 spiro atoms. The zero-order valence-electron chi connectivity index (χ0n) is 13.2. The molecule has 0 bridgehead atoms. The number of carbonyl (C=O) groups is 2. The van der Waals surface area contributed by atoms with Gasteiger partial charge in [0.05, 0.1) is 6.21 Å². The number of nitrogens with zero attached hydrogens (tertiary/aromatic N) is 1. The summed E-state index contributed by atoms with van der Waals surface area (Å²) in [6.07, 6.45) is 1.49. The van der Waals surface area contributed by atoms with Crippen molar-refractivity contribution in [1.29, 1.82) is 0 Å². The number of hydrogen-bond donors (Lipinski definition) is 2. The average molecular weight is 309 g/mol. The van der Waals surface area contributed by atoms with Crippen molar-refractivity contribution in [1.82, 2.24) is 10.7 Å². The van der Waals surface area contributed by atoms with Crippen molar-refractivity contribution in [2.24, 2.45) is 5.10 Å². The van der Waals surface area contributed by atoms with Crippen LogP contribution >= 0.6 is 0 Å². The molecule has 2 amide bonds. The van der Waals surface area contributed by atoms with Gasteiger partial charge in [-0.15, -0.1) is 0 Å². The molecule has 0 saturated heterocycles. The van der Waals surface area contributed by atoms with E-state index in [1.54, 1.807) is 0 Å². The Labute approximate surface area is 135 Å². The van der Waals surface area contributed by atoms with Crippen LogP contribution in [-0.2, 0) is 16.1 Å². The largest absolute Gasteiger partial charge is 0.344 e. The lowest BCUT2D eigenvalue weighted by Gasteiger charge is -2.04. The van der Waals surface area contributed by atoms with Gasteiger partial charge >= 0.3 is 11.8 Å². The normalized spacial score (nSPS) is 10.5. The topological polar surface area (TPSA) is 70.6 Å². The Kier molecular flexibility index (Phi) is 5.63. The molecule has 23 heavy (non-hydrogen) atoms. The van der Waals surface area contributed by atoms with E-state index in [4.69, 9.17) is 0 Å². The van der Waals surface area contributed by atoms with Crippen molar-refractivity contribution in [2.75, 3.05) is 0 Å². The van der Waals surface area contributed by atoms with Gasteiger partial charge in [0.2, 0.25) is 0 Å². The molecule has 2 rings (SSSR count). The number of aryl methyl sites for hydroxylation is 2. The molecular weight excluding hydrogens is 290 g/mol. The number of hydrazone groups is 1. The van der Waals surface area contributed by atoms with Gasteiger partial charge in [0.1, 0.15) is 0 Å². The number of carbonyl (C=O) groups excluding carboxylic acids is 2. The minimum atomic E-state index is -0.791. The summed E-state index contributed by atoms with van der Waals surface area (Å²) < 4.78 is 0. The molecule has 0 aliphatic heterocycles. The number of hydrogen-bond acceptors (Lipinski definition) is 3. The van der Waals surface area contributed by atoms with E-state index in [1.165, 1.54) is 6.21 Å². The molecule has 0 aliphatic rings. The average Bonchev–Trinajstić information content (AvgIpc) is 2.55. The second kappa shape index (κ2) is 7.89. The molecule has 2 aromatic rings. The summed E-state index contributed by atoms with van der Waals surface area (Å²) in [5, 5.41) is 6.32. The fourth-order valence-electron chi connectivity index (χ4n) is 1.84. The number of rotatable bonds is 4. The highest BCUT2D eigenvalue weighted by Crippen LogP contribution is 2.02. The second-order valence-electron chi connectivity index (χ2n) is 5.28. The second-order valence-corrected chi connectivity index (χ2v) is 5.28. The Bertz CT molecular complexity index is 704. The van der Waals surface area contributed by atoms with Crippen molar-refractivity contribution >= 4 is 18.0 Å². The summed E-state index contributed by atoms with van der Waals surface area (Å²) in [5.41, 5.74) is 6.27. The lowest BCUT2D eigenvalue weighted by molar-refractivity contribution is -0.139. The van der Waals surface area contributed by atoms with E-state index < -0.39 is 11.8 Å². The number of nitrogens with one attached hydrogen (secondary N) is 2. The van der Waals surface area contributed by atoms with Crippen molar-refractivity contribution < 1.29 is 9.59 Å². The van der Waals surface area contributed by atoms with Crippen LogP contribution in [0.25, 0.3) is 0 Å². The Morgan fingerprint density at radius 1 is 0.913 bits per heavy atom. The van der Waals surface area contributed by atoms with Crippen LogP contribution in [0.1, 0.15) is 22.3 Å². The Balaban J connectivity index is 1.79. The van der Waals surface area contributed by atoms with Gasteiger partial charge in [-0.25, -0.2) is 5.43 Å². The zero-order valence-corrected chi connectivity index (χ0v) is 13.2. The Morgan fingerprint density at radius 2 is 1.48 bits per heavy atom. The molecule has 0 fully saturated rings. The first-order chi connectivity index (χ1) is 11.0. The molecule has 0 aliphatic carbocycles. The summed E-state index contributed by atoms with van der Waals surface area (Å²) in [6.45, 7) is 4.27. The fraction of sp³-hybridized carbons (Fsp3) is 0.167. The van der Waals surface area contributed by atoms with Crippen molar-refractivity contribution in [2.45, 2.75) is 20.4 Å². The maximum Gasteiger partial charge on any atom is 0.329 e. The van der Waals surface area contributed by atoms with Crippen molar-refractivity contribution in [3.63, 3.8) is 0 Å². The predicted molar refractivity (Wildman–Crippen MR) is 89.9 cm³/mol. The monoisotopic (exact) mass is 309 g/mol. The van der Waals surface area contributed by atoms with Crippen molar-refractivity contribution in [3.05, 3.63) is 70.8 Å². The van der Waals surface area contributed by atoms with E-state index >= 15 is 0 Å². The van der Waals surface area contributed by atoms with E-state index in [-0.39, 0.29) is 0 Å². The third-order valence-corrected chi connectivity index (χ3v) is 3.24. The van der Waals surface area contributed by atoms with Gasteiger partial charge in [-0.05, 0) is 25.0 Å². The first-order valence-electron chi connectivity index (χ1n) is 7.28. The summed E-state index contributed by atoms with van der Waals surface area (Å²) in [7, 11) is 0. The summed E-state index contributed by atoms with van der Waals surface area (Å²) in [4.78, 5) is 23.3. The van der Waals surface area contributed by atoms with Gasteiger partial charge in [-0.3, -0.25) is 9.59 Å². The van der Waals surface area contributed by atoms with Crippen LogP contribution in [0.2, 0.25) is 0 Å². The molecule has 0 radical (unpaired) electrons. The van der Waals surface area contributed by atoms with E-state index in [0.29, 0.717) is 6.54 Å². The first kappa shape index (κ1) is 16.4. The summed E-state index contributed by atoms with van der Waals surface area (Å²) in [6, 6.07) is 15.4. The van der Waals surface area contributed by atoms with Crippen LogP contribution in [-0.4, -0.2) is 18.0 Å². The molecule has 0 unspecified atom stereocenters. The van der Waals surface area contributed by atoms with Crippen LogP contribution in [0.5, 0.6) is 0 Å². The van der Waals surface area contributed by atoms with Crippen molar-refractivity contribution in [3.8, 4) is 0 Å². The van der Waals surface area contributed by atoms with E-state index in [2.05, 4.69) is 15.8 Å². The molecule has 5 heteroatoms. The SMILES string of the molecule is Cc1ccc(C=NNC(=O)C(=O)NCc2ccc(C)cc2)cc1. The maximum absolute atomic E-state index is 11.7. The summed E-state index contributed by atoms with van der Waals surface area (Å²) in [5.74, 6) is -1.51. The lowest BCUT2D eigenvalue weighted by atomic mass is 10.1. The van der Waals surface area contributed by atoms with Crippen LogP contribution in [0, 0.1) is 13.8 Å². The molecule has 0 heterocycles. The van der Waals surface area contributed by atoms with Crippen LogP contribution in [0.3, 0.4) is 0 Å². The third kappa shape index (κ3) is 5.39. The maximum atomic E-state index is 11.7. The third-order valence-electron chi connectivity index (χ3n) is 3.24. The van der Waals surface area contributed by atoms with Gasteiger partial charge in [-0.2, -0.15) is 5.10 Å². The first-order valence-corrected chi connectivity index (χ1v) is 7.28. The van der Waals surface area contributed by atoms with E-state index in [1.807, 2.05) is 62.4 Å². The molecule has 2 aromatic carbocycles. The van der Waals surface area contributed by atoms with Crippen LogP contribution < -0.4 is 10.7 Å². The van der Waals surface area contributed by atoms with Gasteiger partial charge in [0.25, 0.3) is 0 Å². The zero-order chi connectivity index (χ0) is 16.7. The number of amides is 2. The minimum absolute atomic E-state index is 0.300. The highest BCUT2D eigenvalue weighted by Gasteiger charge is 2.11. The fourth-order valence-corrected chi connectivity index (χ4v) is 1.84. The molecule has 2 N–H and O–H groups in total. The van der Waals surface area contributed by atoms with Crippen LogP contribution in [0.15, 0.2) is 53.6 Å². The molecule has 118 valence electrons. The highest BCUT2D eigenvalue weighted by atomic mass is 16.2. The molecule has 0 atom stereocenters. The van der Waals surface area contributed by atoms with Gasteiger partial charge in [-0.1, -0.05) is 59.7 Å². The minimum Gasteiger partial charge on any atom is -0.344 e. The van der Waals surface area contributed by atoms with E-state index in [0.717, 1.165) is 22.3 Å². The number of benzene rings is 2. The quantitative estimate of drug-likeness (QED) is 0.515. The van der Waals surface area contributed by atoms with Gasteiger partial charge in [0, 0.05) is 6.54 Å². The predicted octanol–water partition coefficient (Wildman–Crippen LogP) is 2.07.